The van der Waals surface area contributed by atoms with Crippen LogP contribution >= 0.6 is 23.2 Å². The summed E-state index contributed by atoms with van der Waals surface area (Å²) in [7, 11) is 1.60. The molecule has 118 valence electrons. The Morgan fingerprint density at radius 3 is 2.52 bits per heavy atom. The Bertz CT molecular complexity index is 465. The smallest absolute Gasteiger partial charge is 0.339 e. The summed E-state index contributed by atoms with van der Waals surface area (Å²) in [5.74, 6) is -0.264. The van der Waals surface area contributed by atoms with Gasteiger partial charge in [0.05, 0.1) is 42.0 Å². The Balaban J connectivity index is 2.64. The molecule has 1 aromatic rings. The van der Waals surface area contributed by atoms with Crippen LogP contribution in [0.4, 0.5) is 0 Å². The van der Waals surface area contributed by atoms with E-state index in [1.165, 1.54) is 6.07 Å². The molecule has 0 aliphatic carbocycles. The van der Waals surface area contributed by atoms with Gasteiger partial charge in [0, 0.05) is 7.11 Å². The van der Waals surface area contributed by atoms with Crippen LogP contribution in [0.1, 0.15) is 17.3 Å². The Morgan fingerprint density at radius 2 is 1.86 bits per heavy atom. The molecular formula is C14H18Cl2O5. The van der Waals surface area contributed by atoms with Gasteiger partial charge in [0.1, 0.15) is 6.61 Å². The van der Waals surface area contributed by atoms with Crippen LogP contribution in [-0.4, -0.2) is 46.1 Å². The van der Waals surface area contributed by atoms with Crippen LogP contribution in [0, 0.1) is 0 Å². The molecule has 0 aliphatic heterocycles. The molecule has 21 heavy (non-hydrogen) atoms. The zero-order valence-corrected chi connectivity index (χ0v) is 13.5. The van der Waals surface area contributed by atoms with Gasteiger partial charge in [-0.05, 0) is 19.1 Å². The number of esters is 1. The van der Waals surface area contributed by atoms with E-state index in [4.69, 9.17) is 42.1 Å². The summed E-state index contributed by atoms with van der Waals surface area (Å²) in [6, 6.07) is 3.05. The minimum atomic E-state index is -0.514. The monoisotopic (exact) mass is 336 g/mol. The zero-order valence-electron chi connectivity index (χ0n) is 12.0. The van der Waals surface area contributed by atoms with Gasteiger partial charge in [0.25, 0.3) is 0 Å². The molecule has 0 N–H and O–H groups in total. The number of halogens is 2. The maximum absolute atomic E-state index is 11.7. The molecule has 0 radical (unpaired) electrons. The van der Waals surface area contributed by atoms with Crippen LogP contribution in [0.15, 0.2) is 12.1 Å². The first-order valence-corrected chi connectivity index (χ1v) is 7.22. The maximum atomic E-state index is 11.7. The quantitative estimate of drug-likeness (QED) is 0.512. The van der Waals surface area contributed by atoms with Crippen molar-refractivity contribution in [3.05, 3.63) is 27.7 Å². The van der Waals surface area contributed by atoms with Gasteiger partial charge in [-0.2, -0.15) is 0 Å². The van der Waals surface area contributed by atoms with Crippen molar-refractivity contribution in [2.24, 2.45) is 0 Å². The third-order valence-electron chi connectivity index (χ3n) is 2.45. The molecule has 5 nitrogen and oxygen atoms in total. The first-order chi connectivity index (χ1) is 10.1. The molecule has 0 amide bonds. The van der Waals surface area contributed by atoms with E-state index >= 15 is 0 Å². The molecule has 0 atom stereocenters. The van der Waals surface area contributed by atoms with Gasteiger partial charge in [-0.1, -0.05) is 23.2 Å². The molecule has 0 spiro atoms. The van der Waals surface area contributed by atoms with Crippen LogP contribution in [0.5, 0.6) is 5.75 Å². The van der Waals surface area contributed by atoms with Crippen molar-refractivity contribution < 1.29 is 23.7 Å². The highest BCUT2D eigenvalue weighted by Crippen LogP contribution is 2.35. The summed E-state index contributed by atoms with van der Waals surface area (Å²) >= 11 is 12.2. The standard InChI is InChI=1S/C14H18Cl2O5/c1-3-20-14(17)10-4-5-11(15)13(12(10)16)21-9-8-19-7-6-18-2/h4-5H,3,6-9H2,1-2H3. The Kier molecular flexibility index (Phi) is 8.45. The number of rotatable bonds is 9. The summed E-state index contributed by atoms with van der Waals surface area (Å²) in [6.45, 7) is 3.59. The largest absolute Gasteiger partial charge is 0.488 e. The van der Waals surface area contributed by atoms with E-state index in [-0.39, 0.29) is 29.5 Å². The van der Waals surface area contributed by atoms with Crippen LogP contribution in [-0.2, 0) is 14.2 Å². The van der Waals surface area contributed by atoms with Gasteiger partial charge in [0.2, 0.25) is 0 Å². The fourth-order valence-electron chi connectivity index (χ4n) is 1.48. The van der Waals surface area contributed by atoms with E-state index in [0.29, 0.717) is 24.8 Å². The van der Waals surface area contributed by atoms with Crippen LogP contribution < -0.4 is 4.74 Å². The molecule has 0 bridgehead atoms. The number of benzene rings is 1. The summed E-state index contributed by atoms with van der Waals surface area (Å²) in [4.78, 5) is 11.7. The highest BCUT2D eigenvalue weighted by Gasteiger charge is 2.18. The Labute approximate surface area is 134 Å². The molecule has 0 aromatic heterocycles. The molecule has 0 saturated carbocycles. The topological polar surface area (TPSA) is 54.0 Å². The van der Waals surface area contributed by atoms with E-state index < -0.39 is 5.97 Å². The normalized spacial score (nSPS) is 10.5. The lowest BCUT2D eigenvalue weighted by molar-refractivity contribution is 0.0521. The van der Waals surface area contributed by atoms with Crippen molar-refractivity contribution in [2.45, 2.75) is 6.92 Å². The molecular weight excluding hydrogens is 319 g/mol. The Hall–Kier alpha value is -1.01. The second kappa shape index (κ2) is 9.84. The summed E-state index contributed by atoms with van der Waals surface area (Å²) < 4.78 is 20.5. The SMILES string of the molecule is CCOC(=O)c1ccc(Cl)c(OCCOCCOC)c1Cl. The van der Waals surface area contributed by atoms with Gasteiger partial charge in [0.15, 0.2) is 5.75 Å². The van der Waals surface area contributed by atoms with E-state index in [1.807, 2.05) is 0 Å². The minimum absolute atomic E-state index is 0.137. The Morgan fingerprint density at radius 1 is 1.14 bits per heavy atom. The number of carbonyl (C=O) groups excluding carboxylic acids is 1. The molecule has 0 unspecified atom stereocenters. The molecule has 7 heteroatoms. The van der Waals surface area contributed by atoms with Gasteiger partial charge in [-0.3, -0.25) is 0 Å². The van der Waals surface area contributed by atoms with Gasteiger partial charge in [-0.15, -0.1) is 0 Å². The summed E-state index contributed by atoms with van der Waals surface area (Å²) in [6.07, 6.45) is 0. The minimum Gasteiger partial charge on any atom is -0.488 e. The molecule has 0 fully saturated rings. The number of methoxy groups -OCH3 is 1. The van der Waals surface area contributed by atoms with Crippen molar-refractivity contribution >= 4 is 29.2 Å². The molecule has 1 aromatic carbocycles. The predicted octanol–water partition coefficient (Wildman–Crippen LogP) is 3.21. The molecule has 0 heterocycles. The third kappa shape index (κ3) is 5.71. The average Bonchev–Trinajstić information content (AvgIpc) is 2.45. The second-order valence-electron chi connectivity index (χ2n) is 3.91. The fourth-order valence-corrected chi connectivity index (χ4v) is 2.04. The van der Waals surface area contributed by atoms with Gasteiger partial charge >= 0.3 is 5.97 Å². The number of hydrogen-bond donors (Lipinski definition) is 0. The number of ether oxygens (including phenoxy) is 4. The molecule has 0 aliphatic rings. The van der Waals surface area contributed by atoms with E-state index in [9.17, 15) is 4.79 Å². The number of hydrogen-bond acceptors (Lipinski definition) is 5. The highest BCUT2D eigenvalue weighted by molar-refractivity contribution is 6.39. The first kappa shape index (κ1) is 18.0. The lowest BCUT2D eigenvalue weighted by Gasteiger charge is -2.12. The maximum Gasteiger partial charge on any atom is 0.339 e. The van der Waals surface area contributed by atoms with E-state index in [0.717, 1.165) is 0 Å². The highest BCUT2D eigenvalue weighted by atomic mass is 35.5. The summed E-state index contributed by atoms with van der Waals surface area (Å²) in [5, 5.41) is 0.461. The van der Waals surface area contributed by atoms with Crippen molar-refractivity contribution in [3.63, 3.8) is 0 Å². The van der Waals surface area contributed by atoms with Gasteiger partial charge in [-0.25, -0.2) is 4.79 Å². The molecule has 1 rings (SSSR count). The third-order valence-corrected chi connectivity index (χ3v) is 3.12. The van der Waals surface area contributed by atoms with E-state index in [2.05, 4.69) is 0 Å². The molecule has 0 saturated heterocycles. The van der Waals surface area contributed by atoms with Crippen molar-refractivity contribution in [2.75, 3.05) is 40.1 Å². The predicted molar refractivity (Wildman–Crippen MR) is 80.6 cm³/mol. The van der Waals surface area contributed by atoms with Crippen molar-refractivity contribution in [3.8, 4) is 5.75 Å². The second-order valence-corrected chi connectivity index (χ2v) is 4.70. The number of carbonyl (C=O) groups is 1. The lowest BCUT2D eigenvalue weighted by atomic mass is 10.2. The van der Waals surface area contributed by atoms with Crippen LogP contribution in [0.2, 0.25) is 10.0 Å². The van der Waals surface area contributed by atoms with Crippen molar-refractivity contribution in [1.82, 2.24) is 0 Å². The van der Waals surface area contributed by atoms with Crippen LogP contribution in [0.25, 0.3) is 0 Å². The summed E-state index contributed by atoms with van der Waals surface area (Å²) in [5.41, 5.74) is 0.221. The van der Waals surface area contributed by atoms with E-state index in [1.54, 1.807) is 20.1 Å². The fraction of sp³-hybridized carbons (Fsp3) is 0.500. The first-order valence-electron chi connectivity index (χ1n) is 6.46. The van der Waals surface area contributed by atoms with Gasteiger partial charge < -0.3 is 18.9 Å². The van der Waals surface area contributed by atoms with Crippen molar-refractivity contribution in [1.29, 1.82) is 0 Å². The van der Waals surface area contributed by atoms with Crippen LogP contribution in [0.3, 0.4) is 0 Å². The lowest BCUT2D eigenvalue weighted by Crippen LogP contribution is -2.11. The average molecular weight is 337 g/mol. The zero-order chi connectivity index (χ0) is 15.7.